The topological polar surface area (TPSA) is 59.0 Å². The highest BCUT2D eigenvalue weighted by atomic mass is 32.2. The number of rotatable bonds is 7. The quantitative estimate of drug-likeness (QED) is 0.161. The lowest BCUT2D eigenvalue weighted by Crippen LogP contribution is -2.28. The van der Waals surface area contributed by atoms with Gasteiger partial charge in [-0.25, -0.2) is 0 Å². The first-order chi connectivity index (χ1) is 29.3. The van der Waals surface area contributed by atoms with Crippen LogP contribution in [-0.4, -0.2) is 17.7 Å². The molecule has 0 bridgehead atoms. The van der Waals surface area contributed by atoms with Gasteiger partial charge in [-0.15, -0.1) is 0 Å². The van der Waals surface area contributed by atoms with E-state index in [2.05, 4.69) is 199 Å². The van der Waals surface area contributed by atoms with Gasteiger partial charge in [0.2, 0.25) is 0 Å². The van der Waals surface area contributed by atoms with Crippen molar-refractivity contribution in [1.29, 1.82) is 10.5 Å². The summed E-state index contributed by atoms with van der Waals surface area (Å²) in [4.78, 5) is 6.49. The second-order valence-electron chi connectivity index (χ2n) is 15.9. The highest BCUT2D eigenvalue weighted by Crippen LogP contribution is 2.56. The van der Waals surface area contributed by atoms with Gasteiger partial charge in [-0.2, -0.15) is 10.5 Å². The fourth-order valence-corrected chi connectivity index (χ4v) is 10.1. The normalized spacial score (nSPS) is 15.2. The van der Waals surface area contributed by atoms with Crippen LogP contribution in [0.2, 0.25) is 0 Å². The Morgan fingerprint density at radius 3 is 1.97 bits per heavy atom. The van der Waals surface area contributed by atoms with Crippen molar-refractivity contribution in [2.24, 2.45) is 0 Å². The third-order valence-electron chi connectivity index (χ3n) is 12.0. The van der Waals surface area contributed by atoms with Crippen LogP contribution in [0.3, 0.4) is 0 Å². The van der Waals surface area contributed by atoms with Crippen molar-refractivity contribution in [3.8, 4) is 29.0 Å². The fraction of sp³-hybridized carbons (Fsp3) is 0.111. The van der Waals surface area contributed by atoms with Crippen LogP contribution in [-0.2, 0) is 0 Å². The number of hydrogen-bond donors (Lipinski definition) is 0. The van der Waals surface area contributed by atoms with Crippen molar-refractivity contribution in [1.82, 2.24) is 4.57 Å². The molecule has 1 aromatic heterocycles. The number of aryl methyl sites for hydroxylation is 3. The number of benzene rings is 7. The van der Waals surface area contributed by atoms with Crippen LogP contribution in [0.15, 0.2) is 174 Å². The van der Waals surface area contributed by atoms with Gasteiger partial charge >= 0.3 is 0 Å². The van der Waals surface area contributed by atoms with E-state index in [0.717, 1.165) is 33.1 Å². The van der Waals surface area contributed by atoms with E-state index < -0.39 is 0 Å². The van der Waals surface area contributed by atoms with E-state index in [4.69, 9.17) is 0 Å². The summed E-state index contributed by atoms with van der Waals surface area (Å²) >= 11 is 1.46. The lowest BCUT2D eigenvalue weighted by atomic mass is 9.88. The van der Waals surface area contributed by atoms with Crippen molar-refractivity contribution >= 4 is 56.3 Å². The molecule has 0 saturated heterocycles. The van der Waals surface area contributed by atoms with Gasteiger partial charge in [0.15, 0.2) is 0 Å². The van der Waals surface area contributed by atoms with E-state index in [1.165, 1.54) is 67.2 Å². The van der Waals surface area contributed by atoms with E-state index in [0.29, 0.717) is 16.0 Å². The zero-order valence-electron chi connectivity index (χ0n) is 33.9. The average molecular weight is 792 g/mol. The molecular formula is C54H41N5S. The van der Waals surface area contributed by atoms with Crippen molar-refractivity contribution in [2.75, 3.05) is 16.8 Å². The average Bonchev–Trinajstić information content (AvgIpc) is 3.80. The van der Waals surface area contributed by atoms with E-state index in [1.54, 1.807) is 0 Å². The molecule has 0 radical (unpaired) electrons. The Bertz CT molecular complexity index is 3100. The molecule has 0 amide bonds. The number of hydrogen-bond acceptors (Lipinski definition) is 5. The first-order valence-corrected chi connectivity index (χ1v) is 21.1. The first-order valence-electron chi connectivity index (χ1n) is 20.3. The van der Waals surface area contributed by atoms with E-state index in [-0.39, 0.29) is 12.0 Å². The number of fused-ring (bicyclic) bond motifs is 7. The molecule has 10 rings (SSSR count). The minimum absolute atomic E-state index is 0.135. The summed E-state index contributed by atoms with van der Waals surface area (Å²) in [5.74, 6) is 0.169. The summed E-state index contributed by atoms with van der Waals surface area (Å²) in [5.41, 5.74) is 16.1. The molecule has 2 unspecified atom stereocenters. The molecule has 1 aliphatic heterocycles. The van der Waals surface area contributed by atoms with Crippen LogP contribution in [0, 0.1) is 43.4 Å². The maximum absolute atomic E-state index is 9.90. The largest absolute Gasteiger partial charge is 0.344 e. The minimum Gasteiger partial charge on any atom is -0.344 e. The Labute approximate surface area is 355 Å². The minimum atomic E-state index is 0.135. The number of anilines is 4. The third kappa shape index (κ3) is 6.08. The Kier molecular flexibility index (Phi) is 9.17. The zero-order valence-corrected chi connectivity index (χ0v) is 34.7. The Balaban J connectivity index is 1.18. The summed E-state index contributed by atoms with van der Waals surface area (Å²) in [5, 5.41) is 22.3. The van der Waals surface area contributed by atoms with Gasteiger partial charge in [-0.1, -0.05) is 108 Å². The lowest BCUT2D eigenvalue weighted by molar-refractivity contribution is 0.745. The number of nitriles is 2. The highest BCUT2D eigenvalue weighted by Gasteiger charge is 2.41. The summed E-state index contributed by atoms with van der Waals surface area (Å²) in [7, 11) is 2.13. The molecule has 288 valence electrons. The van der Waals surface area contributed by atoms with Crippen LogP contribution in [0.1, 0.15) is 39.3 Å². The smallest absolute Gasteiger partial charge is 0.100 e. The van der Waals surface area contributed by atoms with Crippen LogP contribution >= 0.6 is 11.8 Å². The molecular weight excluding hydrogens is 751 g/mol. The van der Waals surface area contributed by atoms with Crippen LogP contribution in [0.25, 0.3) is 38.6 Å². The van der Waals surface area contributed by atoms with Gasteiger partial charge in [0.25, 0.3) is 0 Å². The Morgan fingerprint density at radius 1 is 0.633 bits per heavy atom. The molecule has 2 atom stereocenters. The zero-order chi connectivity index (χ0) is 41.1. The molecule has 5 nitrogen and oxygen atoms in total. The first kappa shape index (κ1) is 37.0. The van der Waals surface area contributed by atoms with E-state index >= 15 is 0 Å². The number of para-hydroxylation sites is 2. The number of aromatic nitrogens is 1. The molecule has 60 heavy (non-hydrogen) atoms. The van der Waals surface area contributed by atoms with Crippen molar-refractivity contribution < 1.29 is 0 Å². The maximum atomic E-state index is 9.90. The maximum Gasteiger partial charge on any atom is 0.100 e. The van der Waals surface area contributed by atoms with Gasteiger partial charge < -0.3 is 14.4 Å². The summed E-state index contributed by atoms with van der Waals surface area (Å²) in [6.45, 7) is 6.20. The van der Waals surface area contributed by atoms with Gasteiger partial charge in [0.05, 0.1) is 33.9 Å². The Morgan fingerprint density at radius 2 is 1.27 bits per heavy atom. The second kappa shape index (κ2) is 14.8. The van der Waals surface area contributed by atoms with E-state index in [1.807, 2.05) is 19.1 Å². The van der Waals surface area contributed by atoms with E-state index in [9.17, 15) is 10.5 Å². The molecule has 8 aromatic rings. The number of allylic oxidation sites excluding steroid dienone is 2. The van der Waals surface area contributed by atoms with Gasteiger partial charge in [0.1, 0.15) is 12.1 Å². The predicted octanol–water partition coefficient (Wildman–Crippen LogP) is 13.8. The third-order valence-corrected chi connectivity index (χ3v) is 13.2. The predicted molar refractivity (Wildman–Crippen MR) is 248 cm³/mol. The molecule has 6 heteroatoms. The molecule has 0 N–H and O–H groups in total. The molecule has 0 saturated carbocycles. The van der Waals surface area contributed by atoms with Gasteiger partial charge in [-0.3, -0.25) is 0 Å². The SMILES string of the molecule is Cc1ccc(N2c3c(cc(-c4ccccc4N(C)c4ccc(Sc5c(C#N)cc(C)cc5C#N)cc4)c4c3c3ccccc3n4-c3ccc(C)cc3)C3C=CC=CC32)cc1. The van der Waals surface area contributed by atoms with Crippen LogP contribution < -0.4 is 9.80 Å². The van der Waals surface area contributed by atoms with Crippen molar-refractivity contribution in [3.63, 3.8) is 0 Å². The van der Waals surface area contributed by atoms with Crippen molar-refractivity contribution in [3.05, 3.63) is 197 Å². The molecule has 2 heterocycles. The Hall–Kier alpha value is -7.25. The lowest BCUT2D eigenvalue weighted by Gasteiger charge is -2.29. The molecule has 0 fully saturated rings. The summed E-state index contributed by atoms with van der Waals surface area (Å²) < 4.78 is 2.47. The fourth-order valence-electron chi connectivity index (χ4n) is 9.18. The monoisotopic (exact) mass is 791 g/mol. The molecule has 1 aliphatic carbocycles. The van der Waals surface area contributed by atoms with Crippen molar-refractivity contribution in [2.45, 2.75) is 42.5 Å². The molecule has 2 aliphatic rings. The van der Waals surface area contributed by atoms with Gasteiger partial charge in [-0.05, 0) is 111 Å². The standard InChI is InChI=1S/C54H41N5S/c1-34-17-21-40(22-18-34)58-49-15-9-6-12-44(49)47-31-46(52-51(53(47)58)45-13-7-10-16-50(45)59(52)41-23-19-35(2)20-24-41)43-11-5-8-14-48(43)57(4)39-25-27-42(28-26-39)60-54-37(32-55)29-36(3)30-38(54)33-56/h5-31,44,49H,1-4H3. The van der Waals surface area contributed by atoms with Crippen LogP contribution in [0.4, 0.5) is 22.7 Å². The van der Waals surface area contributed by atoms with Crippen LogP contribution in [0.5, 0.6) is 0 Å². The molecule has 7 aromatic carbocycles. The summed E-state index contributed by atoms with van der Waals surface area (Å²) in [6.07, 6.45) is 9.13. The number of nitrogens with zero attached hydrogens (tertiary/aromatic N) is 5. The summed E-state index contributed by atoms with van der Waals surface area (Å²) in [6, 6.07) is 54.8. The second-order valence-corrected chi connectivity index (χ2v) is 16.9. The van der Waals surface area contributed by atoms with Gasteiger partial charge in [0, 0.05) is 67.4 Å². The molecule has 0 spiro atoms. The highest BCUT2D eigenvalue weighted by molar-refractivity contribution is 7.99.